The van der Waals surface area contributed by atoms with Crippen LogP contribution in [0.1, 0.15) is 26.3 Å². The summed E-state index contributed by atoms with van der Waals surface area (Å²) in [6.07, 6.45) is 1.39. The first-order valence-corrected chi connectivity index (χ1v) is 9.50. The average molecular weight is 444 g/mol. The Labute approximate surface area is 163 Å². The zero-order valence-electron chi connectivity index (χ0n) is 14.4. The lowest BCUT2D eigenvalue weighted by Crippen LogP contribution is -2.42. The van der Waals surface area contributed by atoms with Crippen LogP contribution in [0.15, 0.2) is 21.5 Å². The number of halogens is 1. The Morgan fingerprint density at radius 2 is 2.04 bits per heavy atom. The number of aromatic hydroxyl groups is 1. The van der Waals surface area contributed by atoms with Crippen LogP contribution in [0.5, 0.6) is 11.5 Å². The minimum Gasteiger partial charge on any atom is -0.504 e. The van der Waals surface area contributed by atoms with Crippen molar-refractivity contribution in [2.24, 2.45) is 0 Å². The molecule has 1 saturated heterocycles. The topological polar surface area (TPSA) is 93.1 Å². The average Bonchev–Trinajstić information content (AvgIpc) is 2.85. The van der Waals surface area contributed by atoms with Crippen LogP contribution >= 0.6 is 27.7 Å². The molecular weight excluding hydrogens is 426 g/mol. The number of phenolic OH excluding ortho intramolecular Hbond substituents is 1. The normalized spacial score (nSPS) is 16.9. The summed E-state index contributed by atoms with van der Waals surface area (Å²) in [5.74, 6) is -1.15. The van der Waals surface area contributed by atoms with Crippen molar-refractivity contribution < 1.29 is 29.0 Å². The van der Waals surface area contributed by atoms with Crippen LogP contribution in [-0.4, -0.2) is 46.4 Å². The van der Waals surface area contributed by atoms with Crippen molar-refractivity contribution in [3.05, 3.63) is 27.1 Å². The predicted octanol–water partition coefficient (Wildman–Crippen LogP) is 3.54. The van der Waals surface area contributed by atoms with Gasteiger partial charge in [-0.2, -0.15) is 0 Å². The third kappa shape index (κ3) is 4.21. The third-order valence-electron chi connectivity index (χ3n) is 3.49. The van der Waals surface area contributed by atoms with Crippen molar-refractivity contribution in [2.75, 3.05) is 13.2 Å². The molecule has 0 radical (unpaired) electrons. The molecule has 140 valence electrons. The molecule has 1 fully saturated rings. The summed E-state index contributed by atoms with van der Waals surface area (Å²) in [7, 11) is 0. The zero-order chi connectivity index (χ0) is 19.4. The fraction of sp³-hybridized carbons (Fsp3) is 0.353. The highest BCUT2D eigenvalue weighted by Crippen LogP contribution is 2.39. The lowest BCUT2D eigenvalue weighted by Gasteiger charge is -2.19. The minimum atomic E-state index is -1.02. The van der Waals surface area contributed by atoms with E-state index in [4.69, 9.17) is 9.47 Å². The van der Waals surface area contributed by atoms with Crippen molar-refractivity contribution in [1.29, 1.82) is 0 Å². The molecule has 2 amide bonds. The van der Waals surface area contributed by atoms with Gasteiger partial charge in [0, 0.05) is 10.0 Å². The summed E-state index contributed by atoms with van der Waals surface area (Å²) < 4.78 is 10.9. The molecule has 1 aliphatic heterocycles. The molecule has 0 unspecified atom stereocenters. The number of phenols is 1. The number of ether oxygens (including phenoxy) is 2. The van der Waals surface area contributed by atoms with Crippen LogP contribution in [0.2, 0.25) is 0 Å². The second kappa shape index (κ2) is 8.59. The molecular formula is C17H18BrNO6S. The van der Waals surface area contributed by atoms with E-state index < -0.39 is 23.2 Å². The summed E-state index contributed by atoms with van der Waals surface area (Å²) in [5.41, 5.74) is 0.317. The van der Waals surface area contributed by atoms with E-state index in [2.05, 4.69) is 15.9 Å². The first kappa shape index (κ1) is 20.3. The minimum absolute atomic E-state index is 0.0991. The number of thioether (sulfide) groups is 1. The van der Waals surface area contributed by atoms with Gasteiger partial charge in [0.25, 0.3) is 11.1 Å². The van der Waals surface area contributed by atoms with Crippen LogP contribution in [0.25, 0.3) is 6.08 Å². The Morgan fingerprint density at radius 1 is 1.35 bits per heavy atom. The van der Waals surface area contributed by atoms with Gasteiger partial charge in [0.05, 0.1) is 18.1 Å². The van der Waals surface area contributed by atoms with E-state index in [1.54, 1.807) is 26.0 Å². The van der Waals surface area contributed by atoms with E-state index in [-0.39, 0.29) is 23.0 Å². The van der Waals surface area contributed by atoms with E-state index in [1.165, 1.54) is 13.0 Å². The van der Waals surface area contributed by atoms with Crippen LogP contribution < -0.4 is 4.74 Å². The van der Waals surface area contributed by atoms with Gasteiger partial charge in [-0.1, -0.05) is 15.9 Å². The molecule has 2 rings (SSSR count). The van der Waals surface area contributed by atoms with Gasteiger partial charge in [-0.05, 0) is 50.7 Å². The van der Waals surface area contributed by atoms with Gasteiger partial charge in [-0.15, -0.1) is 0 Å². The summed E-state index contributed by atoms with van der Waals surface area (Å²) in [4.78, 5) is 37.5. The number of hydrogen-bond donors (Lipinski definition) is 1. The van der Waals surface area contributed by atoms with Crippen molar-refractivity contribution >= 4 is 50.9 Å². The molecule has 1 aromatic carbocycles. The SMILES string of the molecule is CCOC(=O)[C@@H](C)N1C(=O)S/C(=C\c2cc(Br)cc(OCC)c2O)C1=O. The lowest BCUT2D eigenvalue weighted by molar-refractivity contribution is -0.150. The van der Waals surface area contributed by atoms with Gasteiger partial charge in [0.2, 0.25) is 0 Å². The standard InChI is InChI=1S/C17H18BrNO6S/c1-4-24-12-8-11(18)6-10(14(12)20)7-13-15(21)19(17(23)26-13)9(3)16(22)25-5-2/h6-9,20H,4-5H2,1-3H3/b13-7-/t9-/m1/s1. The van der Waals surface area contributed by atoms with E-state index in [0.717, 1.165) is 4.90 Å². The molecule has 1 aromatic rings. The number of esters is 1. The Bertz CT molecular complexity index is 779. The second-order valence-electron chi connectivity index (χ2n) is 5.25. The van der Waals surface area contributed by atoms with E-state index in [9.17, 15) is 19.5 Å². The molecule has 9 heteroatoms. The molecule has 1 N–H and O–H groups in total. The number of amides is 2. The summed E-state index contributed by atoms with van der Waals surface area (Å²) in [6.45, 7) is 5.37. The number of carbonyl (C=O) groups excluding carboxylic acids is 3. The van der Waals surface area contributed by atoms with Crippen molar-refractivity contribution in [1.82, 2.24) is 4.90 Å². The molecule has 1 atom stereocenters. The number of imide groups is 1. The van der Waals surface area contributed by atoms with Gasteiger partial charge >= 0.3 is 5.97 Å². The molecule has 0 saturated carbocycles. The zero-order valence-corrected chi connectivity index (χ0v) is 16.8. The fourth-order valence-electron chi connectivity index (χ4n) is 2.29. The largest absolute Gasteiger partial charge is 0.504 e. The van der Waals surface area contributed by atoms with E-state index in [0.29, 0.717) is 28.4 Å². The van der Waals surface area contributed by atoms with Gasteiger partial charge in [0.15, 0.2) is 11.5 Å². The monoisotopic (exact) mass is 443 g/mol. The predicted molar refractivity (Wildman–Crippen MR) is 101 cm³/mol. The molecule has 1 aliphatic rings. The van der Waals surface area contributed by atoms with Gasteiger partial charge in [0.1, 0.15) is 6.04 Å². The molecule has 0 aliphatic carbocycles. The number of hydrogen-bond acceptors (Lipinski definition) is 7. The van der Waals surface area contributed by atoms with Crippen molar-refractivity contribution in [3.63, 3.8) is 0 Å². The molecule has 1 heterocycles. The van der Waals surface area contributed by atoms with E-state index >= 15 is 0 Å². The lowest BCUT2D eigenvalue weighted by atomic mass is 10.1. The summed E-state index contributed by atoms with van der Waals surface area (Å²) >= 11 is 4.01. The van der Waals surface area contributed by atoms with Crippen molar-refractivity contribution in [2.45, 2.75) is 26.8 Å². The summed E-state index contributed by atoms with van der Waals surface area (Å²) in [5, 5.41) is 9.74. The highest BCUT2D eigenvalue weighted by atomic mass is 79.9. The highest BCUT2D eigenvalue weighted by Gasteiger charge is 2.41. The smallest absolute Gasteiger partial charge is 0.329 e. The number of nitrogens with zero attached hydrogens (tertiary/aromatic N) is 1. The van der Waals surface area contributed by atoms with Crippen LogP contribution in [0, 0.1) is 0 Å². The maximum absolute atomic E-state index is 12.6. The maximum atomic E-state index is 12.6. The Kier molecular flexibility index (Phi) is 6.71. The first-order valence-electron chi connectivity index (χ1n) is 7.89. The van der Waals surface area contributed by atoms with Crippen molar-refractivity contribution in [3.8, 4) is 11.5 Å². The van der Waals surface area contributed by atoms with E-state index in [1.807, 2.05) is 0 Å². The summed E-state index contributed by atoms with van der Waals surface area (Å²) in [6, 6.07) is 2.18. The number of benzene rings is 1. The first-order chi connectivity index (χ1) is 12.3. The Balaban J connectivity index is 2.35. The molecule has 7 nitrogen and oxygen atoms in total. The van der Waals surface area contributed by atoms with Gasteiger partial charge < -0.3 is 14.6 Å². The third-order valence-corrected chi connectivity index (χ3v) is 4.84. The maximum Gasteiger partial charge on any atom is 0.329 e. The second-order valence-corrected chi connectivity index (χ2v) is 7.16. The van der Waals surface area contributed by atoms with Gasteiger partial charge in [-0.3, -0.25) is 14.5 Å². The molecule has 0 aromatic heterocycles. The quantitative estimate of drug-likeness (QED) is 0.530. The van der Waals surface area contributed by atoms with Crippen LogP contribution in [-0.2, 0) is 14.3 Å². The fourth-order valence-corrected chi connectivity index (χ4v) is 3.65. The van der Waals surface area contributed by atoms with Crippen LogP contribution in [0.4, 0.5) is 4.79 Å². The molecule has 0 spiro atoms. The molecule has 26 heavy (non-hydrogen) atoms. The number of carbonyl (C=O) groups is 3. The van der Waals surface area contributed by atoms with Crippen LogP contribution in [0.3, 0.4) is 0 Å². The van der Waals surface area contributed by atoms with Gasteiger partial charge in [-0.25, -0.2) is 4.79 Å². The molecule has 0 bridgehead atoms. The Morgan fingerprint density at radius 3 is 2.65 bits per heavy atom. The highest BCUT2D eigenvalue weighted by molar-refractivity contribution is 9.10. The number of rotatable bonds is 6. The Hall–Kier alpha value is -2.00.